The number of benzene rings is 2. The Morgan fingerprint density at radius 2 is 1.79 bits per heavy atom. The molecule has 4 nitrogen and oxygen atoms in total. The van der Waals surface area contributed by atoms with Gasteiger partial charge in [-0.05, 0) is 73.9 Å². The number of methoxy groups -OCH3 is 1. The Balaban J connectivity index is 1.42. The smallest absolute Gasteiger partial charge is 0.416 e. The maximum absolute atomic E-state index is 14.0. The van der Waals surface area contributed by atoms with Gasteiger partial charge >= 0.3 is 6.18 Å². The Morgan fingerprint density at radius 3 is 2.47 bits per heavy atom. The Labute approximate surface area is 196 Å². The van der Waals surface area contributed by atoms with Crippen molar-refractivity contribution in [3.63, 3.8) is 0 Å². The molecule has 2 atom stereocenters. The van der Waals surface area contributed by atoms with Crippen LogP contribution in [0.5, 0.6) is 5.75 Å². The van der Waals surface area contributed by atoms with Crippen LogP contribution in [0, 0.1) is 0 Å². The molecule has 7 heteroatoms. The van der Waals surface area contributed by atoms with E-state index in [2.05, 4.69) is 4.90 Å². The van der Waals surface area contributed by atoms with E-state index in [9.17, 15) is 22.8 Å². The summed E-state index contributed by atoms with van der Waals surface area (Å²) in [5.41, 5.74) is 0.734. The largest absolute Gasteiger partial charge is 0.497 e. The van der Waals surface area contributed by atoms with E-state index >= 15 is 0 Å². The standard InChI is InChI=1S/C27H26F3NO3/c1-34-21-11-6-16-7-12-22(26(33)23(16)15-21)25(32)13-17-5-8-20(14-24(17)27(28,29)30)31-18-3-2-4-19(31)10-9-18/h5-6,8,11-12,14-15,18-19H,2-4,7,9-10,13H2,1H3. The normalized spacial score (nSPS) is 21.8. The van der Waals surface area contributed by atoms with Crippen LogP contribution in [-0.2, 0) is 23.8 Å². The second-order valence-electron chi connectivity index (χ2n) is 9.34. The van der Waals surface area contributed by atoms with Crippen LogP contribution in [0.1, 0.15) is 59.2 Å². The summed E-state index contributed by atoms with van der Waals surface area (Å²) >= 11 is 0. The summed E-state index contributed by atoms with van der Waals surface area (Å²) in [5.74, 6) is -0.586. The zero-order valence-electron chi connectivity index (χ0n) is 19.0. The van der Waals surface area contributed by atoms with Crippen molar-refractivity contribution in [1.82, 2.24) is 0 Å². The molecule has 0 radical (unpaired) electrons. The fourth-order valence-electron chi connectivity index (χ4n) is 5.71. The molecule has 2 fully saturated rings. The molecule has 0 aromatic heterocycles. The third-order valence-corrected chi connectivity index (χ3v) is 7.38. The van der Waals surface area contributed by atoms with Crippen LogP contribution in [0.15, 0.2) is 48.0 Å². The van der Waals surface area contributed by atoms with Gasteiger partial charge in [0.05, 0.1) is 18.2 Å². The van der Waals surface area contributed by atoms with Gasteiger partial charge < -0.3 is 9.64 Å². The number of nitrogens with zero attached hydrogens (tertiary/aromatic N) is 1. The van der Waals surface area contributed by atoms with Gasteiger partial charge in [0.15, 0.2) is 11.6 Å². The van der Waals surface area contributed by atoms with Crippen LogP contribution in [0.2, 0.25) is 0 Å². The summed E-state index contributed by atoms with van der Waals surface area (Å²) in [6.45, 7) is 0. The molecule has 2 aliphatic heterocycles. The summed E-state index contributed by atoms with van der Waals surface area (Å²) in [5, 5.41) is 0. The van der Waals surface area contributed by atoms with Crippen LogP contribution < -0.4 is 9.64 Å². The van der Waals surface area contributed by atoms with Crippen LogP contribution in [0.25, 0.3) is 0 Å². The zero-order chi connectivity index (χ0) is 24.0. The van der Waals surface area contributed by atoms with Gasteiger partial charge in [0.2, 0.25) is 0 Å². The van der Waals surface area contributed by atoms with Gasteiger partial charge in [-0.25, -0.2) is 0 Å². The van der Waals surface area contributed by atoms with Crippen LogP contribution >= 0.6 is 0 Å². The molecule has 2 unspecified atom stereocenters. The molecule has 3 aliphatic rings. The number of piperidine rings is 1. The second kappa shape index (κ2) is 8.60. The van der Waals surface area contributed by atoms with Gasteiger partial charge in [0.1, 0.15) is 5.75 Å². The van der Waals surface area contributed by atoms with Crippen molar-refractivity contribution in [1.29, 1.82) is 0 Å². The number of halogens is 3. The summed E-state index contributed by atoms with van der Waals surface area (Å²) < 4.78 is 47.3. The van der Waals surface area contributed by atoms with Gasteiger partial charge in [0.25, 0.3) is 0 Å². The molecule has 0 amide bonds. The Morgan fingerprint density at radius 1 is 1.06 bits per heavy atom. The number of alkyl halides is 3. The van der Waals surface area contributed by atoms with Crippen molar-refractivity contribution in [2.75, 3.05) is 12.0 Å². The summed E-state index contributed by atoms with van der Waals surface area (Å²) in [7, 11) is 1.48. The average molecular weight is 470 g/mol. The highest BCUT2D eigenvalue weighted by Crippen LogP contribution is 2.42. The predicted octanol–water partition coefficient (Wildman–Crippen LogP) is 5.71. The Kier molecular flexibility index (Phi) is 5.74. The lowest BCUT2D eigenvalue weighted by Crippen LogP contribution is -2.39. The molecule has 2 saturated heterocycles. The monoisotopic (exact) mass is 469 g/mol. The lowest BCUT2D eigenvalue weighted by atomic mass is 9.86. The van der Waals surface area contributed by atoms with E-state index in [0.29, 0.717) is 23.4 Å². The fraction of sp³-hybridized carbons (Fsp3) is 0.407. The predicted molar refractivity (Wildman–Crippen MR) is 122 cm³/mol. The Hall–Kier alpha value is -3.09. The third-order valence-electron chi connectivity index (χ3n) is 7.38. The quantitative estimate of drug-likeness (QED) is 0.526. The first-order chi connectivity index (χ1) is 16.3. The first-order valence-electron chi connectivity index (χ1n) is 11.7. The number of allylic oxidation sites excluding steroid dienone is 2. The van der Waals surface area contributed by atoms with E-state index in [-0.39, 0.29) is 23.2 Å². The minimum Gasteiger partial charge on any atom is -0.497 e. The second-order valence-corrected chi connectivity index (χ2v) is 9.34. The number of Topliss-reactive ketones (excluding diaryl/α,β-unsaturated/α-hetero) is 2. The maximum atomic E-state index is 14.0. The average Bonchev–Trinajstić information content (AvgIpc) is 3.06. The lowest BCUT2D eigenvalue weighted by Gasteiger charge is -2.37. The highest BCUT2D eigenvalue weighted by atomic mass is 19.4. The highest BCUT2D eigenvalue weighted by Gasteiger charge is 2.39. The van der Waals surface area contributed by atoms with E-state index < -0.39 is 29.7 Å². The summed E-state index contributed by atoms with van der Waals surface area (Å²) in [6.07, 6.45) is 1.96. The molecule has 5 rings (SSSR count). The number of ketones is 2. The number of carbonyl (C=O) groups excluding carboxylic acids is 2. The number of fused-ring (bicyclic) bond motifs is 3. The SMILES string of the molecule is COc1ccc2c(c1)C(=O)C(C(=O)Cc1ccc(N3C4CCCC3CC4)cc1C(F)(F)F)=CC2. The number of hydrogen-bond acceptors (Lipinski definition) is 4. The van der Waals surface area contributed by atoms with E-state index in [1.807, 2.05) is 0 Å². The molecule has 34 heavy (non-hydrogen) atoms. The topological polar surface area (TPSA) is 46.6 Å². The van der Waals surface area contributed by atoms with Gasteiger partial charge in [-0.15, -0.1) is 0 Å². The maximum Gasteiger partial charge on any atom is 0.416 e. The van der Waals surface area contributed by atoms with Crippen molar-refractivity contribution >= 4 is 17.3 Å². The lowest BCUT2D eigenvalue weighted by molar-refractivity contribution is -0.138. The number of ether oxygens (including phenoxy) is 1. The van der Waals surface area contributed by atoms with E-state index in [4.69, 9.17) is 4.74 Å². The van der Waals surface area contributed by atoms with Gasteiger partial charge in [-0.1, -0.05) is 18.2 Å². The zero-order valence-corrected chi connectivity index (χ0v) is 19.0. The van der Waals surface area contributed by atoms with Crippen LogP contribution in [0.4, 0.5) is 18.9 Å². The van der Waals surface area contributed by atoms with Crippen LogP contribution in [0.3, 0.4) is 0 Å². The minimum absolute atomic E-state index is 0.0629. The molecule has 2 bridgehead atoms. The molecule has 2 aromatic rings. The number of rotatable bonds is 5. The molecule has 0 spiro atoms. The molecular formula is C27H26F3NO3. The van der Waals surface area contributed by atoms with Crippen LogP contribution in [-0.4, -0.2) is 30.8 Å². The molecule has 0 N–H and O–H groups in total. The number of hydrogen-bond donors (Lipinski definition) is 0. The van der Waals surface area contributed by atoms with E-state index in [0.717, 1.165) is 37.7 Å². The highest BCUT2D eigenvalue weighted by molar-refractivity contribution is 6.27. The molecule has 0 saturated carbocycles. The van der Waals surface area contributed by atoms with E-state index in [1.54, 1.807) is 24.3 Å². The molecule has 2 aromatic carbocycles. The van der Waals surface area contributed by atoms with Crippen molar-refractivity contribution in [3.05, 3.63) is 70.3 Å². The third kappa shape index (κ3) is 4.01. The Bertz CT molecular complexity index is 1170. The van der Waals surface area contributed by atoms with Crippen molar-refractivity contribution in [3.8, 4) is 5.75 Å². The summed E-state index contributed by atoms with van der Waals surface area (Å²) in [4.78, 5) is 28.1. The van der Waals surface area contributed by atoms with E-state index in [1.165, 1.54) is 25.3 Å². The van der Waals surface area contributed by atoms with Gasteiger partial charge in [-0.3, -0.25) is 9.59 Å². The molecule has 1 aliphatic carbocycles. The first kappa shape index (κ1) is 22.7. The van der Waals surface area contributed by atoms with Crippen molar-refractivity contribution in [2.45, 2.75) is 63.2 Å². The minimum atomic E-state index is -4.59. The summed E-state index contributed by atoms with van der Waals surface area (Å²) in [6, 6.07) is 9.94. The van der Waals surface area contributed by atoms with Crippen molar-refractivity contribution in [2.24, 2.45) is 0 Å². The number of anilines is 1. The first-order valence-corrected chi connectivity index (χ1v) is 11.7. The molecular weight excluding hydrogens is 443 g/mol. The number of carbonyl (C=O) groups is 2. The van der Waals surface area contributed by atoms with Crippen molar-refractivity contribution < 1.29 is 27.5 Å². The fourth-order valence-corrected chi connectivity index (χ4v) is 5.71. The van der Waals surface area contributed by atoms with Gasteiger partial charge in [0, 0.05) is 29.8 Å². The molecule has 2 heterocycles. The van der Waals surface area contributed by atoms with Gasteiger partial charge in [-0.2, -0.15) is 13.2 Å². The molecule has 178 valence electrons.